The summed E-state index contributed by atoms with van der Waals surface area (Å²) in [5.41, 5.74) is 3.54. The molecular formula is C13H17ClO2. The van der Waals surface area contributed by atoms with Crippen molar-refractivity contribution in [2.45, 2.75) is 19.3 Å². The van der Waals surface area contributed by atoms with Gasteiger partial charge in [-0.05, 0) is 19.4 Å². The van der Waals surface area contributed by atoms with Crippen LogP contribution in [0.4, 0.5) is 0 Å². The summed E-state index contributed by atoms with van der Waals surface area (Å²) in [6, 6.07) is 4.29. The molecule has 0 aromatic heterocycles. The SMILES string of the molecule is COc1c(C)cc(C)cc1C1(CCl)COC1. The normalized spacial score (nSPS) is 18.0. The molecule has 0 saturated carbocycles. The quantitative estimate of drug-likeness (QED) is 0.757. The van der Waals surface area contributed by atoms with Crippen molar-refractivity contribution in [3.63, 3.8) is 0 Å². The fourth-order valence-corrected chi connectivity index (χ4v) is 2.57. The van der Waals surface area contributed by atoms with Gasteiger partial charge in [0.25, 0.3) is 0 Å². The lowest BCUT2D eigenvalue weighted by Crippen LogP contribution is -2.48. The summed E-state index contributed by atoms with van der Waals surface area (Å²) in [5, 5.41) is 0. The fourth-order valence-electron chi connectivity index (χ4n) is 2.27. The zero-order valence-electron chi connectivity index (χ0n) is 9.97. The zero-order valence-corrected chi connectivity index (χ0v) is 10.7. The standard InChI is InChI=1S/C13H17ClO2/c1-9-4-10(2)12(15-3)11(5-9)13(6-14)7-16-8-13/h4-5H,6-8H2,1-3H3. The van der Waals surface area contributed by atoms with Crippen molar-refractivity contribution in [1.82, 2.24) is 0 Å². The summed E-state index contributed by atoms with van der Waals surface area (Å²) in [7, 11) is 1.71. The van der Waals surface area contributed by atoms with Crippen LogP contribution in [-0.2, 0) is 10.2 Å². The van der Waals surface area contributed by atoms with Crippen molar-refractivity contribution in [1.29, 1.82) is 0 Å². The molecule has 1 aromatic carbocycles. The van der Waals surface area contributed by atoms with Crippen molar-refractivity contribution in [3.05, 3.63) is 28.8 Å². The maximum Gasteiger partial charge on any atom is 0.125 e. The summed E-state index contributed by atoms with van der Waals surface area (Å²) in [6.45, 7) is 5.54. The maximum atomic E-state index is 6.09. The van der Waals surface area contributed by atoms with Gasteiger partial charge in [0, 0.05) is 11.4 Å². The van der Waals surface area contributed by atoms with Crippen molar-refractivity contribution in [2.24, 2.45) is 0 Å². The van der Waals surface area contributed by atoms with Gasteiger partial charge in [0.15, 0.2) is 0 Å². The molecule has 1 heterocycles. The van der Waals surface area contributed by atoms with Crippen molar-refractivity contribution >= 4 is 11.6 Å². The van der Waals surface area contributed by atoms with Gasteiger partial charge in [0.1, 0.15) is 5.75 Å². The minimum atomic E-state index is -0.0519. The first-order valence-electron chi connectivity index (χ1n) is 5.42. The van der Waals surface area contributed by atoms with E-state index in [1.807, 2.05) is 0 Å². The number of benzene rings is 1. The molecule has 1 saturated heterocycles. The largest absolute Gasteiger partial charge is 0.496 e. The van der Waals surface area contributed by atoms with Crippen LogP contribution in [0.3, 0.4) is 0 Å². The predicted octanol–water partition coefficient (Wildman–Crippen LogP) is 2.82. The number of hydrogen-bond donors (Lipinski definition) is 0. The Morgan fingerprint density at radius 1 is 1.38 bits per heavy atom. The molecule has 2 nitrogen and oxygen atoms in total. The molecule has 0 N–H and O–H groups in total. The number of hydrogen-bond acceptors (Lipinski definition) is 2. The Kier molecular flexibility index (Phi) is 3.13. The number of methoxy groups -OCH3 is 1. The first-order chi connectivity index (χ1) is 7.63. The average molecular weight is 241 g/mol. The highest BCUT2D eigenvalue weighted by Gasteiger charge is 2.42. The number of aryl methyl sites for hydroxylation is 2. The van der Waals surface area contributed by atoms with Gasteiger partial charge in [-0.1, -0.05) is 17.7 Å². The maximum absolute atomic E-state index is 6.09. The summed E-state index contributed by atoms with van der Waals surface area (Å²) < 4.78 is 10.8. The molecule has 0 spiro atoms. The van der Waals surface area contributed by atoms with E-state index in [1.165, 1.54) is 11.1 Å². The molecule has 1 aliphatic rings. The summed E-state index contributed by atoms with van der Waals surface area (Å²) in [4.78, 5) is 0. The molecule has 16 heavy (non-hydrogen) atoms. The Morgan fingerprint density at radius 3 is 2.50 bits per heavy atom. The molecule has 88 valence electrons. The molecule has 0 bridgehead atoms. The van der Waals surface area contributed by atoms with E-state index in [1.54, 1.807) is 7.11 Å². The Hall–Kier alpha value is -0.730. The van der Waals surface area contributed by atoms with Crippen LogP contribution in [0, 0.1) is 13.8 Å². The van der Waals surface area contributed by atoms with Crippen LogP contribution < -0.4 is 4.74 Å². The van der Waals surface area contributed by atoms with E-state index >= 15 is 0 Å². The van der Waals surface area contributed by atoms with Crippen LogP contribution in [0.25, 0.3) is 0 Å². The monoisotopic (exact) mass is 240 g/mol. The fraction of sp³-hybridized carbons (Fsp3) is 0.538. The van der Waals surface area contributed by atoms with Gasteiger partial charge in [0.2, 0.25) is 0 Å². The highest BCUT2D eigenvalue weighted by molar-refractivity contribution is 6.18. The van der Waals surface area contributed by atoms with Gasteiger partial charge >= 0.3 is 0 Å². The smallest absolute Gasteiger partial charge is 0.125 e. The van der Waals surface area contributed by atoms with E-state index in [2.05, 4.69) is 26.0 Å². The van der Waals surface area contributed by atoms with Gasteiger partial charge in [0.05, 0.1) is 25.7 Å². The topological polar surface area (TPSA) is 18.5 Å². The van der Waals surface area contributed by atoms with E-state index in [0.29, 0.717) is 19.1 Å². The Morgan fingerprint density at radius 2 is 2.06 bits per heavy atom. The van der Waals surface area contributed by atoms with Crippen LogP contribution >= 0.6 is 11.6 Å². The summed E-state index contributed by atoms with van der Waals surface area (Å²) in [6.07, 6.45) is 0. The van der Waals surface area contributed by atoms with Crippen LogP contribution in [0.5, 0.6) is 5.75 Å². The van der Waals surface area contributed by atoms with Crippen LogP contribution in [-0.4, -0.2) is 26.2 Å². The molecule has 0 aliphatic carbocycles. The molecule has 1 aromatic rings. The molecular weight excluding hydrogens is 224 g/mol. The Labute approximate surface area is 102 Å². The van der Waals surface area contributed by atoms with Crippen molar-refractivity contribution in [3.8, 4) is 5.75 Å². The van der Waals surface area contributed by atoms with Crippen LogP contribution in [0.1, 0.15) is 16.7 Å². The van der Waals surface area contributed by atoms with Gasteiger partial charge in [-0.25, -0.2) is 0 Å². The third-order valence-corrected chi connectivity index (χ3v) is 3.72. The number of rotatable bonds is 3. The lowest BCUT2D eigenvalue weighted by molar-refractivity contribution is -0.0489. The molecule has 0 unspecified atom stereocenters. The minimum Gasteiger partial charge on any atom is -0.496 e. The van der Waals surface area contributed by atoms with E-state index in [-0.39, 0.29) is 5.41 Å². The molecule has 3 heteroatoms. The third-order valence-electron chi connectivity index (χ3n) is 3.21. The number of ether oxygens (including phenoxy) is 2. The van der Waals surface area contributed by atoms with Gasteiger partial charge in [-0.3, -0.25) is 0 Å². The highest BCUT2D eigenvalue weighted by atomic mass is 35.5. The van der Waals surface area contributed by atoms with Crippen molar-refractivity contribution in [2.75, 3.05) is 26.2 Å². The predicted molar refractivity (Wildman–Crippen MR) is 65.7 cm³/mol. The van der Waals surface area contributed by atoms with Gasteiger partial charge < -0.3 is 9.47 Å². The first-order valence-corrected chi connectivity index (χ1v) is 5.96. The van der Waals surface area contributed by atoms with E-state index < -0.39 is 0 Å². The molecule has 1 aliphatic heterocycles. The second-order valence-corrected chi connectivity index (χ2v) is 4.84. The average Bonchev–Trinajstić information content (AvgIpc) is 2.16. The van der Waals surface area contributed by atoms with Gasteiger partial charge in [-0.15, -0.1) is 11.6 Å². The second-order valence-electron chi connectivity index (χ2n) is 4.57. The molecule has 2 rings (SSSR count). The number of halogens is 1. The van der Waals surface area contributed by atoms with E-state index in [9.17, 15) is 0 Å². The van der Waals surface area contributed by atoms with Gasteiger partial charge in [-0.2, -0.15) is 0 Å². The second kappa shape index (κ2) is 4.27. The Bertz CT molecular complexity index is 392. The number of alkyl halides is 1. The highest BCUT2D eigenvalue weighted by Crippen LogP contribution is 2.40. The van der Waals surface area contributed by atoms with E-state index in [0.717, 1.165) is 11.3 Å². The first kappa shape index (κ1) is 11.7. The lowest BCUT2D eigenvalue weighted by atomic mass is 9.78. The lowest BCUT2D eigenvalue weighted by Gasteiger charge is -2.41. The summed E-state index contributed by atoms with van der Waals surface area (Å²) >= 11 is 6.09. The minimum absolute atomic E-state index is 0.0519. The molecule has 0 radical (unpaired) electrons. The molecule has 1 fully saturated rings. The molecule has 0 atom stereocenters. The van der Waals surface area contributed by atoms with Crippen LogP contribution in [0.15, 0.2) is 12.1 Å². The Balaban J connectivity index is 2.53. The zero-order chi connectivity index (χ0) is 11.8. The molecule has 0 amide bonds. The van der Waals surface area contributed by atoms with E-state index in [4.69, 9.17) is 21.1 Å². The summed E-state index contributed by atoms with van der Waals surface area (Å²) in [5.74, 6) is 1.53. The third kappa shape index (κ3) is 1.70. The van der Waals surface area contributed by atoms with Crippen molar-refractivity contribution < 1.29 is 9.47 Å². The van der Waals surface area contributed by atoms with Crippen LogP contribution in [0.2, 0.25) is 0 Å².